The van der Waals surface area contributed by atoms with Gasteiger partial charge < -0.3 is 14.8 Å². The number of thiophene rings is 1. The second-order valence-electron chi connectivity index (χ2n) is 4.74. The second kappa shape index (κ2) is 8.30. The largest absolute Gasteiger partial charge is 0.490 e. The Morgan fingerprint density at radius 2 is 1.92 bits per heavy atom. The molecule has 0 saturated heterocycles. The molecule has 24 heavy (non-hydrogen) atoms. The summed E-state index contributed by atoms with van der Waals surface area (Å²) < 4.78 is 10.8. The van der Waals surface area contributed by atoms with Gasteiger partial charge in [0, 0.05) is 10.9 Å². The van der Waals surface area contributed by atoms with Gasteiger partial charge in [0.05, 0.1) is 30.6 Å². The Bertz CT molecular complexity index is 716. The predicted molar refractivity (Wildman–Crippen MR) is 92.1 cm³/mol. The molecular weight excluding hydrogens is 332 g/mol. The summed E-state index contributed by atoms with van der Waals surface area (Å²) in [6, 6.07) is 6.39. The van der Waals surface area contributed by atoms with Crippen LogP contribution in [0.1, 0.15) is 18.7 Å². The molecule has 7 nitrogen and oxygen atoms in total. The number of hydrogen-bond donors (Lipinski definition) is 1. The van der Waals surface area contributed by atoms with Crippen molar-refractivity contribution in [2.24, 2.45) is 0 Å². The summed E-state index contributed by atoms with van der Waals surface area (Å²) in [5.74, 6) is 0.311. The minimum atomic E-state index is -0.557. The first kappa shape index (κ1) is 17.7. The number of ether oxygens (including phenoxy) is 2. The van der Waals surface area contributed by atoms with E-state index in [2.05, 4.69) is 5.32 Å². The molecule has 1 aromatic carbocycles. The molecule has 0 bridgehead atoms. The quantitative estimate of drug-likeness (QED) is 0.580. The third kappa shape index (κ3) is 4.45. The standard InChI is InChI=1S/C16H18N2O5S/c1-3-22-14-9-12(13(18(20)21)10-15(14)23-4-2)17-16(19)8-11-6-5-7-24-11/h5-7,9-10H,3-4,8H2,1-2H3,(H,17,19). The maximum Gasteiger partial charge on any atom is 0.296 e. The number of anilines is 1. The molecule has 1 heterocycles. The number of hydrogen-bond acceptors (Lipinski definition) is 6. The van der Waals surface area contributed by atoms with Gasteiger partial charge in [-0.1, -0.05) is 6.07 Å². The Morgan fingerprint density at radius 1 is 1.25 bits per heavy atom. The maximum absolute atomic E-state index is 12.1. The number of nitrogens with one attached hydrogen (secondary N) is 1. The number of carbonyl (C=O) groups excluding carboxylic acids is 1. The summed E-state index contributed by atoms with van der Waals surface area (Å²) in [7, 11) is 0. The molecule has 0 atom stereocenters. The van der Waals surface area contributed by atoms with Crippen LogP contribution in [0.2, 0.25) is 0 Å². The van der Waals surface area contributed by atoms with E-state index < -0.39 is 4.92 Å². The molecule has 0 spiro atoms. The predicted octanol–water partition coefficient (Wildman–Crippen LogP) is 3.63. The second-order valence-corrected chi connectivity index (χ2v) is 5.78. The lowest BCUT2D eigenvalue weighted by atomic mass is 10.2. The molecule has 2 aromatic rings. The van der Waals surface area contributed by atoms with Crippen LogP contribution in [0.4, 0.5) is 11.4 Å². The van der Waals surface area contributed by atoms with Crippen LogP contribution in [0.15, 0.2) is 29.6 Å². The summed E-state index contributed by atoms with van der Waals surface area (Å²) in [6.07, 6.45) is 0.159. The first-order valence-electron chi connectivity index (χ1n) is 7.45. The van der Waals surface area contributed by atoms with Gasteiger partial charge in [-0.2, -0.15) is 0 Å². The van der Waals surface area contributed by atoms with Crippen LogP contribution in [-0.4, -0.2) is 24.0 Å². The van der Waals surface area contributed by atoms with Gasteiger partial charge in [0.2, 0.25) is 5.91 Å². The number of nitrogens with zero attached hydrogens (tertiary/aromatic N) is 1. The van der Waals surface area contributed by atoms with E-state index in [0.717, 1.165) is 4.88 Å². The zero-order valence-corrected chi connectivity index (χ0v) is 14.2. The fourth-order valence-corrected chi connectivity index (χ4v) is 2.81. The van der Waals surface area contributed by atoms with Gasteiger partial charge in [-0.25, -0.2) is 0 Å². The molecule has 2 rings (SSSR count). The number of carbonyl (C=O) groups is 1. The van der Waals surface area contributed by atoms with Crippen molar-refractivity contribution in [2.45, 2.75) is 20.3 Å². The minimum absolute atomic E-state index is 0.0912. The fraction of sp³-hybridized carbons (Fsp3) is 0.312. The van der Waals surface area contributed by atoms with E-state index in [1.165, 1.54) is 23.5 Å². The highest BCUT2D eigenvalue weighted by atomic mass is 32.1. The van der Waals surface area contributed by atoms with Crippen LogP contribution in [0.3, 0.4) is 0 Å². The van der Waals surface area contributed by atoms with E-state index in [9.17, 15) is 14.9 Å². The SMILES string of the molecule is CCOc1cc(NC(=O)Cc2cccs2)c([N+](=O)[O-])cc1OCC. The van der Waals surface area contributed by atoms with Crippen molar-refractivity contribution in [3.8, 4) is 11.5 Å². The summed E-state index contributed by atoms with van der Waals surface area (Å²) in [6.45, 7) is 4.30. The smallest absolute Gasteiger partial charge is 0.296 e. The Hall–Kier alpha value is -2.61. The minimum Gasteiger partial charge on any atom is -0.490 e. The normalized spacial score (nSPS) is 10.2. The van der Waals surface area contributed by atoms with Crippen molar-refractivity contribution in [2.75, 3.05) is 18.5 Å². The van der Waals surface area contributed by atoms with E-state index in [1.54, 1.807) is 13.8 Å². The van der Waals surface area contributed by atoms with Crippen molar-refractivity contribution in [3.05, 3.63) is 44.6 Å². The van der Waals surface area contributed by atoms with Crippen molar-refractivity contribution >= 4 is 28.6 Å². The summed E-state index contributed by atoms with van der Waals surface area (Å²) in [4.78, 5) is 23.8. The molecule has 0 fully saturated rings. The van der Waals surface area contributed by atoms with Crippen molar-refractivity contribution < 1.29 is 19.2 Å². The Morgan fingerprint density at radius 3 is 2.46 bits per heavy atom. The average Bonchev–Trinajstić information content (AvgIpc) is 3.02. The first-order chi connectivity index (χ1) is 11.5. The van der Waals surface area contributed by atoms with Crippen LogP contribution in [0, 0.1) is 10.1 Å². The van der Waals surface area contributed by atoms with Crippen LogP contribution in [0.5, 0.6) is 11.5 Å². The van der Waals surface area contributed by atoms with Gasteiger partial charge in [-0.15, -0.1) is 11.3 Å². The molecule has 128 valence electrons. The molecule has 0 unspecified atom stereocenters. The lowest BCUT2D eigenvalue weighted by Gasteiger charge is -2.13. The lowest BCUT2D eigenvalue weighted by Crippen LogP contribution is -2.15. The molecular formula is C16H18N2O5S. The molecule has 0 aliphatic carbocycles. The topological polar surface area (TPSA) is 90.7 Å². The van der Waals surface area contributed by atoms with Crippen molar-refractivity contribution in [1.82, 2.24) is 0 Å². The third-order valence-electron chi connectivity index (χ3n) is 3.05. The summed E-state index contributed by atoms with van der Waals surface area (Å²) in [5.41, 5.74) is -0.144. The van der Waals surface area contributed by atoms with Crippen LogP contribution < -0.4 is 14.8 Å². The van der Waals surface area contributed by atoms with Gasteiger partial charge in [-0.3, -0.25) is 14.9 Å². The zero-order chi connectivity index (χ0) is 17.5. The Balaban J connectivity index is 2.30. The van der Waals surface area contributed by atoms with Gasteiger partial charge in [0.1, 0.15) is 5.69 Å². The Labute approximate surface area is 143 Å². The zero-order valence-electron chi connectivity index (χ0n) is 13.4. The summed E-state index contributed by atoms with van der Waals surface area (Å²) >= 11 is 1.45. The van der Waals surface area contributed by atoms with Gasteiger partial charge in [0.25, 0.3) is 5.69 Å². The molecule has 1 N–H and O–H groups in total. The fourth-order valence-electron chi connectivity index (χ4n) is 2.10. The molecule has 0 saturated carbocycles. The number of benzene rings is 1. The highest BCUT2D eigenvalue weighted by Gasteiger charge is 2.21. The monoisotopic (exact) mass is 350 g/mol. The van der Waals surface area contributed by atoms with E-state index in [4.69, 9.17) is 9.47 Å². The highest BCUT2D eigenvalue weighted by molar-refractivity contribution is 7.10. The van der Waals surface area contributed by atoms with Crippen molar-refractivity contribution in [3.63, 3.8) is 0 Å². The van der Waals surface area contributed by atoms with E-state index in [1.807, 2.05) is 17.5 Å². The Kier molecular flexibility index (Phi) is 6.14. The summed E-state index contributed by atoms with van der Waals surface area (Å²) in [5, 5.41) is 15.8. The third-order valence-corrected chi connectivity index (χ3v) is 3.92. The molecule has 0 aliphatic heterocycles. The molecule has 1 aromatic heterocycles. The number of rotatable bonds is 8. The van der Waals surface area contributed by atoms with Gasteiger partial charge in [0.15, 0.2) is 11.5 Å². The van der Waals surface area contributed by atoms with E-state index in [0.29, 0.717) is 19.0 Å². The van der Waals surface area contributed by atoms with Crippen molar-refractivity contribution in [1.29, 1.82) is 0 Å². The van der Waals surface area contributed by atoms with Crippen LogP contribution in [0.25, 0.3) is 0 Å². The number of amides is 1. The maximum atomic E-state index is 12.1. The van der Waals surface area contributed by atoms with E-state index in [-0.39, 0.29) is 29.5 Å². The average molecular weight is 350 g/mol. The van der Waals surface area contributed by atoms with E-state index >= 15 is 0 Å². The number of nitro benzene ring substituents is 1. The molecule has 0 radical (unpaired) electrons. The lowest BCUT2D eigenvalue weighted by molar-refractivity contribution is -0.384. The molecule has 1 amide bonds. The molecule has 8 heteroatoms. The van der Waals surface area contributed by atoms with Crippen LogP contribution >= 0.6 is 11.3 Å². The van der Waals surface area contributed by atoms with Gasteiger partial charge >= 0.3 is 0 Å². The van der Waals surface area contributed by atoms with Crippen LogP contribution in [-0.2, 0) is 11.2 Å². The first-order valence-corrected chi connectivity index (χ1v) is 8.33. The molecule has 0 aliphatic rings. The van der Waals surface area contributed by atoms with Gasteiger partial charge in [-0.05, 0) is 25.3 Å². The number of nitro groups is 1. The highest BCUT2D eigenvalue weighted by Crippen LogP contribution is 2.38.